The van der Waals surface area contributed by atoms with E-state index in [0.717, 1.165) is 6.20 Å². The summed E-state index contributed by atoms with van der Waals surface area (Å²) in [6.07, 6.45) is 1.08. The molecule has 1 heterocycles. The molecule has 0 radical (unpaired) electrons. The first-order chi connectivity index (χ1) is 7.44. The summed E-state index contributed by atoms with van der Waals surface area (Å²) in [6, 6.07) is 2.54. The van der Waals surface area contributed by atoms with E-state index in [0.29, 0.717) is 0 Å². The number of anilines is 1. The molecule has 0 spiro atoms. The van der Waals surface area contributed by atoms with E-state index in [1.54, 1.807) is 6.92 Å². The molecule has 0 unspecified atom stereocenters. The second kappa shape index (κ2) is 4.90. The van der Waals surface area contributed by atoms with E-state index >= 15 is 0 Å². The number of aromatic nitrogens is 1. The van der Waals surface area contributed by atoms with Gasteiger partial charge >= 0.3 is 5.97 Å². The van der Waals surface area contributed by atoms with Crippen molar-refractivity contribution in [1.29, 1.82) is 0 Å². The molecule has 0 bridgehead atoms. The number of nitrogens with one attached hydrogen (secondary N) is 2. The third kappa shape index (κ3) is 3.48. The summed E-state index contributed by atoms with van der Waals surface area (Å²) in [4.78, 5) is 14.2. The van der Waals surface area contributed by atoms with E-state index in [2.05, 4.69) is 14.4 Å². The maximum Gasteiger partial charge on any atom is 0.337 e. The molecule has 3 N–H and O–H groups in total. The summed E-state index contributed by atoms with van der Waals surface area (Å²) < 4.78 is 26.8. The Bertz CT molecular complexity index is 469. The van der Waals surface area contributed by atoms with Crippen molar-refractivity contribution < 1.29 is 18.3 Å². The van der Waals surface area contributed by atoms with Crippen LogP contribution in [-0.2, 0) is 10.2 Å². The van der Waals surface area contributed by atoms with Gasteiger partial charge in [0.2, 0.25) is 0 Å². The molecule has 16 heavy (non-hydrogen) atoms. The lowest BCUT2D eigenvalue weighted by molar-refractivity contribution is 0.0696. The molecule has 0 aliphatic heterocycles. The van der Waals surface area contributed by atoms with Crippen LogP contribution in [0.1, 0.15) is 17.3 Å². The van der Waals surface area contributed by atoms with Crippen molar-refractivity contribution in [3.8, 4) is 0 Å². The summed E-state index contributed by atoms with van der Waals surface area (Å²) in [6.45, 7) is 1.89. The van der Waals surface area contributed by atoms with Crippen molar-refractivity contribution in [3.63, 3.8) is 0 Å². The second-order valence-corrected chi connectivity index (χ2v) is 4.34. The number of carbonyl (C=O) groups is 1. The molecule has 0 aliphatic rings. The van der Waals surface area contributed by atoms with Crippen molar-refractivity contribution in [2.45, 2.75) is 6.92 Å². The highest BCUT2D eigenvalue weighted by Crippen LogP contribution is 2.06. The van der Waals surface area contributed by atoms with Crippen molar-refractivity contribution >= 4 is 22.0 Å². The standard InChI is InChI=1S/C8H11N3O4S/c1-2-10-16(14,15)11-7-4-3-6(5-9-7)8(12)13/h3-5,10H,2H2,1H3,(H,9,11)(H,12,13). The predicted molar refractivity (Wildman–Crippen MR) is 57.4 cm³/mol. The van der Waals surface area contributed by atoms with Crippen LogP contribution in [0.4, 0.5) is 5.82 Å². The van der Waals surface area contributed by atoms with Gasteiger partial charge in [0, 0.05) is 12.7 Å². The molecular weight excluding hydrogens is 234 g/mol. The molecule has 0 atom stereocenters. The minimum atomic E-state index is -3.63. The Morgan fingerprint density at radius 3 is 2.62 bits per heavy atom. The SMILES string of the molecule is CCNS(=O)(=O)Nc1ccc(C(=O)O)cn1. The maximum absolute atomic E-state index is 11.2. The number of rotatable bonds is 5. The number of nitrogens with zero attached hydrogens (tertiary/aromatic N) is 1. The predicted octanol–water partition coefficient (Wildman–Crippen LogP) is 0.0460. The molecule has 0 aromatic carbocycles. The summed E-state index contributed by atoms with van der Waals surface area (Å²) in [5, 5.41) is 8.60. The highest BCUT2D eigenvalue weighted by atomic mass is 32.2. The zero-order chi connectivity index (χ0) is 12.2. The normalized spacial score (nSPS) is 11.1. The van der Waals surface area contributed by atoms with Crippen molar-refractivity contribution in [2.75, 3.05) is 11.3 Å². The van der Waals surface area contributed by atoms with E-state index in [-0.39, 0.29) is 17.9 Å². The van der Waals surface area contributed by atoms with Crippen molar-refractivity contribution in [1.82, 2.24) is 9.71 Å². The van der Waals surface area contributed by atoms with E-state index in [1.165, 1.54) is 12.1 Å². The minimum absolute atomic E-state index is 0.00796. The van der Waals surface area contributed by atoms with Crippen LogP contribution in [0.2, 0.25) is 0 Å². The van der Waals surface area contributed by atoms with E-state index in [9.17, 15) is 13.2 Å². The Hall–Kier alpha value is -1.67. The minimum Gasteiger partial charge on any atom is -0.478 e. The molecule has 1 aromatic rings. The number of hydrogen-bond donors (Lipinski definition) is 3. The van der Waals surface area contributed by atoms with Gasteiger partial charge in [-0.1, -0.05) is 6.92 Å². The van der Waals surface area contributed by atoms with Gasteiger partial charge in [0.15, 0.2) is 0 Å². The quantitative estimate of drug-likeness (QED) is 0.679. The lowest BCUT2D eigenvalue weighted by Crippen LogP contribution is -2.30. The number of hydrogen-bond acceptors (Lipinski definition) is 4. The Kier molecular flexibility index (Phi) is 3.80. The molecule has 8 heteroatoms. The Labute approximate surface area is 92.7 Å². The van der Waals surface area contributed by atoms with Gasteiger partial charge in [0.25, 0.3) is 10.2 Å². The van der Waals surface area contributed by atoms with Crippen LogP contribution in [0.5, 0.6) is 0 Å². The Balaban J connectivity index is 2.80. The van der Waals surface area contributed by atoms with Gasteiger partial charge in [0.05, 0.1) is 5.56 Å². The van der Waals surface area contributed by atoms with E-state index in [1.807, 2.05) is 0 Å². The highest BCUT2D eigenvalue weighted by Gasteiger charge is 2.09. The Morgan fingerprint density at radius 1 is 1.50 bits per heavy atom. The van der Waals surface area contributed by atoms with Gasteiger partial charge in [-0.05, 0) is 12.1 Å². The fourth-order valence-electron chi connectivity index (χ4n) is 0.945. The van der Waals surface area contributed by atoms with Gasteiger partial charge in [0.1, 0.15) is 5.82 Å². The third-order valence-electron chi connectivity index (χ3n) is 1.58. The summed E-state index contributed by atoms with van der Waals surface area (Å²) in [7, 11) is -3.63. The number of carboxylic acid groups (broad SMARTS) is 1. The van der Waals surface area contributed by atoms with Crippen LogP contribution < -0.4 is 9.44 Å². The summed E-state index contributed by atoms with van der Waals surface area (Å²) in [5.41, 5.74) is -0.00796. The molecule has 0 amide bonds. The first kappa shape index (κ1) is 12.4. The number of carboxylic acids is 1. The lowest BCUT2D eigenvalue weighted by atomic mass is 10.3. The van der Waals surface area contributed by atoms with Crippen LogP contribution in [0.15, 0.2) is 18.3 Å². The molecule has 0 aliphatic carbocycles. The fraction of sp³-hybridized carbons (Fsp3) is 0.250. The lowest BCUT2D eigenvalue weighted by Gasteiger charge is -2.06. The summed E-state index contributed by atoms with van der Waals surface area (Å²) in [5.74, 6) is -1.06. The maximum atomic E-state index is 11.2. The smallest absolute Gasteiger partial charge is 0.337 e. The number of aromatic carboxylic acids is 1. The van der Waals surface area contributed by atoms with E-state index < -0.39 is 16.2 Å². The van der Waals surface area contributed by atoms with Gasteiger partial charge < -0.3 is 5.11 Å². The summed E-state index contributed by atoms with van der Waals surface area (Å²) >= 11 is 0. The molecule has 88 valence electrons. The first-order valence-electron chi connectivity index (χ1n) is 4.41. The zero-order valence-corrected chi connectivity index (χ0v) is 9.28. The fourth-order valence-corrected chi connectivity index (χ4v) is 1.79. The average Bonchev–Trinajstić information content (AvgIpc) is 2.17. The molecule has 0 saturated carbocycles. The van der Waals surface area contributed by atoms with Gasteiger partial charge in [-0.2, -0.15) is 13.1 Å². The molecule has 0 fully saturated rings. The highest BCUT2D eigenvalue weighted by molar-refractivity contribution is 7.90. The molecule has 1 rings (SSSR count). The molecular formula is C8H11N3O4S. The number of pyridine rings is 1. The monoisotopic (exact) mass is 245 g/mol. The molecule has 0 saturated heterocycles. The van der Waals surface area contributed by atoms with Crippen LogP contribution in [0.25, 0.3) is 0 Å². The zero-order valence-electron chi connectivity index (χ0n) is 8.47. The van der Waals surface area contributed by atoms with Crippen LogP contribution >= 0.6 is 0 Å². The topological polar surface area (TPSA) is 108 Å². The van der Waals surface area contributed by atoms with Crippen molar-refractivity contribution in [3.05, 3.63) is 23.9 Å². The van der Waals surface area contributed by atoms with Crippen molar-refractivity contribution in [2.24, 2.45) is 0 Å². The van der Waals surface area contributed by atoms with Gasteiger partial charge in [-0.25, -0.2) is 9.78 Å². The molecule has 7 nitrogen and oxygen atoms in total. The van der Waals surface area contributed by atoms with Crippen LogP contribution in [0.3, 0.4) is 0 Å². The van der Waals surface area contributed by atoms with Crippen LogP contribution in [-0.4, -0.2) is 31.0 Å². The average molecular weight is 245 g/mol. The Morgan fingerprint density at radius 2 is 2.19 bits per heavy atom. The van der Waals surface area contributed by atoms with Gasteiger partial charge in [-0.15, -0.1) is 0 Å². The second-order valence-electron chi connectivity index (χ2n) is 2.84. The van der Waals surface area contributed by atoms with Gasteiger partial charge in [-0.3, -0.25) is 4.72 Å². The first-order valence-corrected chi connectivity index (χ1v) is 5.89. The third-order valence-corrected chi connectivity index (χ3v) is 2.73. The molecule has 1 aromatic heterocycles. The largest absolute Gasteiger partial charge is 0.478 e. The van der Waals surface area contributed by atoms with E-state index in [4.69, 9.17) is 5.11 Å². The van der Waals surface area contributed by atoms with Crippen LogP contribution in [0, 0.1) is 0 Å².